The number of hydrogen-bond donors (Lipinski definition) is 1. The van der Waals surface area contributed by atoms with E-state index in [-0.39, 0.29) is 17.5 Å². The molecule has 0 saturated heterocycles. The second kappa shape index (κ2) is 8.64. The molecule has 0 unspecified atom stereocenters. The second-order valence-corrected chi connectivity index (χ2v) is 10.3. The molecule has 1 aromatic carbocycles. The van der Waals surface area contributed by atoms with Crippen LogP contribution >= 0.6 is 34.4 Å². The summed E-state index contributed by atoms with van der Waals surface area (Å²) in [6, 6.07) is 6.15. The van der Waals surface area contributed by atoms with Crippen LogP contribution in [0.1, 0.15) is 29.1 Å². The third-order valence-electron chi connectivity index (χ3n) is 5.12. The Kier molecular flexibility index (Phi) is 5.73. The zero-order valence-corrected chi connectivity index (χ0v) is 19.2. The van der Waals surface area contributed by atoms with Crippen LogP contribution in [0.5, 0.6) is 0 Å². The van der Waals surface area contributed by atoms with Gasteiger partial charge >= 0.3 is 0 Å². The van der Waals surface area contributed by atoms with Crippen molar-refractivity contribution in [3.63, 3.8) is 0 Å². The van der Waals surface area contributed by atoms with Crippen LogP contribution in [0.3, 0.4) is 0 Å². The first-order valence-electron chi connectivity index (χ1n) is 10.00. The number of nitrogens with one attached hydrogen (secondary N) is 1. The monoisotopic (exact) mass is 470 g/mol. The van der Waals surface area contributed by atoms with Crippen LogP contribution in [-0.2, 0) is 17.6 Å². The van der Waals surface area contributed by atoms with Crippen LogP contribution in [0, 0.1) is 12.7 Å². The largest absolute Gasteiger partial charge is 0.301 e. The highest BCUT2D eigenvalue weighted by Crippen LogP contribution is 2.39. The molecule has 31 heavy (non-hydrogen) atoms. The molecule has 3 heterocycles. The van der Waals surface area contributed by atoms with E-state index < -0.39 is 0 Å². The van der Waals surface area contributed by atoms with Gasteiger partial charge < -0.3 is 5.32 Å². The van der Waals surface area contributed by atoms with Crippen molar-refractivity contribution < 1.29 is 9.18 Å². The van der Waals surface area contributed by atoms with Gasteiger partial charge in [-0.15, -0.1) is 22.7 Å². The first kappa shape index (κ1) is 20.5. The van der Waals surface area contributed by atoms with Gasteiger partial charge in [-0.25, -0.2) is 19.3 Å². The van der Waals surface area contributed by atoms with Gasteiger partial charge in [0.15, 0.2) is 5.13 Å². The molecule has 0 aliphatic heterocycles. The van der Waals surface area contributed by atoms with E-state index in [1.54, 1.807) is 23.5 Å². The van der Waals surface area contributed by atoms with Crippen molar-refractivity contribution in [1.29, 1.82) is 0 Å². The van der Waals surface area contributed by atoms with E-state index in [0.717, 1.165) is 39.5 Å². The molecule has 0 fully saturated rings. The van der Waals surface area contributed by atoms with Gasteiger partial charge in [-0.1, -0.05) is 11.8 Å². The molecular formula is C22H19FN4OS3. The molecule has 9 heteroatoms. The van der Waals surface area contributed by atoms with Gasteiger partial charge in [0.1, 0.15) is 21.5 Å². The zero-order valence-electron chi connectivity index (χ0n) is 16.8. The quantitative estimate of drug-likeness (QED) is 0.292. The maximum absolute atomic E-state index is 13.1. The second-order valence-electron chi connectivity index (χ2n) is 7.35. The third-order valence-corrected chi connectivity index (χ3v) is 8.04. The molecule has 0 radical (unpaired) electrons. The van der Waals surface area contributed by atoms with Crippen molar-refractivity contribution in [1.82, 2.24) is 15.0 Å². The lowest BCUT2D eigenvalue weighted by molar-refractivity contribution is -0.113. The van der Waals surface area contributed by atoms with E-state index in [2.05, 4.69) is 20.3 Å². The number of benzene rings is 1. The molecule has 0 bridgehead atoms. The number of carbonyl (C=O) groups is 1. The number of amides is 1. The maximum atomic E-state index is 13.1. The van der Waals surface area contributed by atoms with Crippen LogP contribution in [-0.4, -0.2) is 26.6 Å². The third kappa shape index (κ3) is 4.35. The number of thiophene rings is 1. The summed E-state index contributed by atoms with van der Waals surface area (Å²) < 4.78 is 13.1. The molecule has 4 aromatic rings. The first-order chi connectivity index (χ1) is 15.1. The van der Waals surface area contributed by atoms with E-state index in [9.17, 15) is 9.18 Å². The fourth-order valence-electron chi connectivity index (χ4n) is 3.70. The van der Waals surface area contributed by atoms with E-state index in [4.69, 9.17) is 0 Å². The average molecular weight is 471 g/mol. The number of halogens is 1. The Balaban J connectivity index is 1.29. The maximum Gasteiger partial charge on any atom is 0.236 e. The Morgan fingerprint density at radius 2 is 1.97 bits per heavy atom. The lowest BCUT2D eigenvalue weighted by Crippen LogP contribution is -2.14. The number of aromatic nitrogens is 3. The Morgan fingerprint density at radius 1 is 1.16 bits per heavy atom. The van der Waals surface area contributed by atoms with E-state index in [1.807, 2.05) is 12.3 Å². The van der Waals surface area contributed by atoms with E-state index >= 15 is 0 Å². The Bertz CT molecular complexity index is 1270. The molecule has 1 N–H and O–H groups in total. The molecule has 3 aromatic heterocycles. The Labute approximate surface area is 191 Å². The molecule has 0 spiro atoms. The van der Waals surface area contributed by atoms with Crippen LogP contribution in [0.2, 0.25) is 0 Å². The summed E-state index contributed by atoms with van der Waals surface area (Å²) in [5.74, 6) is 0.573. The molecule has 1 amide bonds. The number of nitrogens with zero attached hydrogens (tertiary/aromatic N) is 3. The van der Waals surface area contributed by atoms with Gasteiger partial charge in [-0.2, -0.15) is 0 Å². The molecule has 158 valence electrons. The van der Waals surface area contributed by atoms with Crippen molar-refractivity contribution in [2.24, 2.45) is 0 Å². The van der Waals surface area contributed by atoms with Crippen molar-refractivity contribution in [3.05, 3.63) is 51.7 Å². The lowest BCUT2D eigenvalue weighted by Gasteiger charge is -2.11. The van der Waals surface area contributed by atoms with Crippen molar-refractivity contribution in [2.75, 3.05) is 11.1 Å². The van der Waals surface area contributed by atoms with Crippen molar-refractivity contribution in [2.45, 2.75) is 37.6 Å². The van der Waals surface area contributed by atoms with E-state index in [0.29, 0.717) is 10.8 Å². The molecule has 1 aliphatic carbocycles. The minimum absolute atomic E-state index is 0.126. The summed E-state index contributed by atoms with van der Waals surface area (Å²) in [7, 11) is 0. The summed E-state index contributed by atoms with van der Waals surface area (Å²) in [6.07, 6.45) is 4.59. The first-order valence-corrected chi connectivity index (χ1v) is 12.7. The summed E-state index contributed by atoms with van der Waals surface area (Å²) in [4.78, 5) is 28.8. The predicted molar refractivity (Wildman–Crippen MR) is 126 cm³/mol. The normalized spacial score (nSPS) is 13.4. The molecule has 1 aliphatic rings. The zero-order chi connectivity index (χ0) is 21.4. The smallest absolute Gasteiger partial charge is 0.236 e. The lowest BCUT2D eigenvalue weighted by atomic mass is 9.97. The molecule has 5 nitrogen and oxygen atoms in total. The summed E-state index contributed by atoms with van der Waals surface area (Å²) in [5, 5.41) is 7.27. The van der Waals surface area contributed by atoms with Crippen molar-refractivity contribution >= 4 is 55.7 Å². The van der Waals surface area contributed by atoms with Crippen LogP contribution in [0.25, 0.3) is 21.5 Å². The minimum atomic E-state index is -0.287. The molecule has 5 rings (SSSR count). The topological polar surface area (TPSA) is 67.8 Å². The highest BCUT2D eigenvalue weighted by molar-refractivity contribution is 8.00. The van der Waals surface area contributed by atoms with Gasteiger partial charge in [0, 0.05) is 21.2 Å². The fourth-order valence-corrected chi connectivity index (χ4v) is 6.71. The SMILES string of the molecule is Cc1nc(SCC(=O)Nc2nc(-c3ccc(F)cc3)cs2)c2c3c(sc2n1)CCCC3. The number of carbonyl (C=O) groups excluding carboxylic acids is 1. The van der Waals surface area contributed by atoms with E-state index in [1.165, 1.54) is 58.5 Å². The van der Waals surface area contributed by atoms with Gasteiger partial charge in [-0.05, 0) is 62.4 Å². The Morgan fingerprint density at radius 3 is 2.81 bits per heavy atom. The number of thiazole rings is 1. The highest BCUT2D eigenvalue weighted by Gasteiger charge is 2.21. The van der Waals surface area contributed by atoms with Gasteiger partial charge in [-0.3, -0.25) is 4.79 Å². The number of aryl methyl sites for hydroxylation is 3. The summed E-state index contributed by atoms with van der Waals surface area (Å²) in [6.45, 7) is 1.90. The van der Waals surface area contributed by atoms with Crippen LogP contribution in [0.4, 0.5) is 9.52 Å². The molecular weight excluding hydrogens is 451 g/mol. The van der Waals surface area contributed by atoms with Crippen LogP contribution in [0.15, 0.2) is 34.7 Å². The number of anilines is 1. The minimum Gasteiger partial charge on any atom is -0.301 e. The number of hydrogen-bond acceptors (Lipinski definition) is 7. The summed E-state index contributed by atoms with van der Waals surface area (Å²) >= 11 is 4.58. The van der Waals surface area contributed by atoms with Gasteiger partial charge in [0.25, 0.3) is 0 Å². The average Bonchev–Trinajstić information content (AvgIpc) is 3.36. The van der Waals surface area contributed by atoms with Gasteiger partial charge in [0.05, 0.1) is 11.4 Å². The number of thioether (sulfide) groups is 1. The summed E-state index contributed by atoms with van der Waals surface area (Å²) in [5.41, 5.74) is 2.90. The fraction of sp³-hybridized carbons (Fsp3) is 0.273. The number of fused-ring (bicyclic) bond motifs is 3. The van der Waals surface area contributed by atoms with Crippen LogP contribution < -0.4 is 5.32 Å². The van der Waals surface area contributed by atoms with Gasteiger partial charge in [0.2, 0.25) is 5.91 Å². The molecule has 0 atom stereocenters. The predicted octanol–water partition coefficient (Wildman–Crippen LogP) is 5.87. The number of rotatable bonds is 5. The molecule has 0 saturated carbocycles. The Hall–Kier alpha value is -2.36. The highest BCUT2D eigenvalue weighted by atomic mass is 32.2. The standard InChI is InChI=1S/C22H19FN4OS3/c1-12-24-20(19-15-4-2-3-5-17(15)31-21(19)25-12)29-11-18(28)27-22-26-16(10-30-22)13-6-8-14(23)9-7-13/h6-10H,2-5,11H2,1H3,(H,26,27,28). The van der Waals surface area contributed by atoms with Crippen molar-refractivity contribution in [3.8, 4) is 11.3 Å².